The number of rotatable bonds is 39. The van der Waals surface area contributed by atoms with Crippen molar-refractivity contribution in [1.82, 2.24) is 54.8 Å². The molecule has 0 bridgehead atoms. The lowest BCUT2D eigenvalue weighted by Gasteiger charge is -2.34. The summed E-state index contributed by atoms with van der Waals surface area (Å²) in [7, 11) is 0. The number of Topliss-reactive ketones (excluding diaryl/α,β-unsaturated/α-hetero) is 4. The molecule has 748 valence electrons. The van der Waals surface area contributed by atoms with Gasteiger partial charge < -0.3 is 75.6 Å². The number of hydrogen-bond donors (Lipinski definition) is 9. The van der Waals surface area contributed by atoms with E-state index in [-0.39, 0.29) is 168 Å². The van der Waals surface area contributed by atoms with Gasteiger partial charge in [-0.15, -0.1) is 22.7 Å². The van der Waals surface area contributed by atoms with Gasteiger partial charge in [-0.3, -0.25) is 47.9 Å². The van der Waals surface area contributed by atoms with E-state index in [4.69, 9.17) is 30.3 Å². The first-order valence-corrected chi connectivity index (χ1v) is 51.2. The number of ketones is 4. The largest absolute Gasteiger partial charge is 0.493 e. The number of aryl methyl sites for hydroxylation is 10. The lowest BCUT2D eigenvalue weighted by atomic mass is 9.76. The van der Waals surface area contributed by atoms with Crippen LogP contribution in [-0.2, 0) is 103 Å². The molecule has 16 rings (SSSR count). The number of nitrogens with zero attached hydrogens (tertiary/aromatic N) is 8. The predicted molar refractivity (Wildman–Crippen MR) is 540 cm³/mol. The van der Waals surface area contributed by atoms with Crippen LogP contribution in [0.2, 0.25) is 0 Å². The van der Waals surface area contributed by atoms with E-state index in [1.807, 2.05) is 129 Å². The first-order chi connectivity index (χ1) is 67.5. The molecule has 10 aromatic rings. The number of amides is 5. The third kappa shape index (κ3) is 26.4. The lowest BCUT2D eigenvalue weighted by molar-refractivity contribution is -0.146. The van der Waals surface area contributed by atoms with Gasteiger partial charge in [-0.2, -0.15) is 0 Å². The minimum atomic E-state index is -1.06. The van der Waals surface area contributed by atoms with Gasteiger partial charge in [0, 0.05) is 150 Å². The minimum Gasteiger partial charge on any atom is -0.493 e. The molecule has 8 heterocycles. The van der Waals surface area contributed by atoms with E-state index in [1.54, 1.807) is 46.9 Å². The Bertz CT molecular complexity index is 6160. The van der Waals surface area contributed by atoms with Gasteiger partial charge in [0.1, 0.15) is 34.7 Å². The number of ether oxygens (including phenoxy) is 2. The normalized spacial score (nSPS) is 17.7. The number of carbonyl (C=O) groups excluding carboxylic acids is 9. The van der Waals surface area contributed by atoms with E-state index in [0.29, 0.717) is 66.2 Å². The first kappa shape index (κ1) is 105. The Labute approximate surface area is 832 Å². The van der Waals surface area contributed by atoms with E-state index in [0.717, 1.165) is 171 Å². The Morgan fingerprint density at radius 2 is 0.936 bits per heavy atom. The second-order valence-corrected chi connectivity index (χ2v) is 42.1. The molecular formula is C110H134N12O17S2. The number of aromatic nitrogens is 6. The number of aliphatic carboxylic acids is 1. The van der Waals surface area contributed by atoms with Gasteiger partial charge in [0.15, 0.2) is 11.6 Å². The monoisotopic (exact) mass is 1960 g/mol. The molecule has 2 saturated heterocycles. The molecule has 10 N–H and O–H groups in total. The highest BCUT2D eigenvalue weighted by atomic mass is 32.1. The molecule has 5 amide bonds. The van der Waals surface area contributed by atoms with Crippen molar-refractivity contribution in [2.45, 2.75) is 273 Å². The minimum absolute atomic E-state index is 0.0277. The zero-order valence-corrected chi connectivity index (χ0v) is 84.2. The number of nitrogens with two attached hydrogens (primary N) is 1. The summed E-state index contributed by atoms with van der Waals surface area (Å²) in [5.41, 5.74) is 26.7. The average Bonchev–Trinajstić information content (AvgIpc) is 1.64. The number of aliphatic hydroxyl groups is 4. The second kappa shape index (κ2) is 47.2. The highest BCUT2D eigenvalue weighted by molar-refractivity contribution is 7.13. The molecule has 4 aromatic heterocycles. The van der Waals surface area contributed by atoms with Crippen LogP contribution < -0.4 is 31.2 Å². The highest BCUT2D eigenvalue weighted by Crippen LogP contribution is 2.42. The van der Waals surface area contributed by atoms with Gasteiger partial charge >= 0.3 is 5.97 Å². The van der Waals surface area contributed by atoms with Crippen LogP contribution in [0.25, 0.3) is 43.4 Å². The van der Waals surface area contributed by atoms with Gasteiger partial charge in [0.25, 0.3) is 11.8 Å². The quantitative estimate of drug-likeness (QED) is 0.0162. The van der Waals surface area contributed by atoms with Gasteiger partial charge in [-0.25, -0.2) is 19.9 Å². The molecule has 29 nitrogen and oxygen atoms in total. The number of hydrogen-bond acceptors (Lipinski definition) is 23. The summed E-state index contributed by atoms with van der Waals surface area (Å²) in [5.74, 6) is -1.32. The van der Waals surface area contributed by atoms with Gasteiger partial charge in [0.05, 0.1) is 113 Å². The van der Waals surface area contributed by atoms with E-state index < -0.39 is 52.9 Å². The second-order valence-electron chi connectivity index (χ2n) is 40.4. The highest BCUT2D eigenvalue weighted by Gasteiger charge is 2.47. The summed E-state index contributed by atoms with van der Waals surface area (Å²) < 4.78 is 16.4. The summed E-state index contributed by atoms with van der Waals surface area (Å²) in [6.45, 7) is 22.1. The number of benzene rings is 6. The number of nitrogens with one attached hydrogen (secondary N) is 3. The Morgan fingerprint density at radius 1 is 0.518 bits per heavy atom. The topological polar surface area (TPSA) is 420 Å². The zero-order chi connectivity index (χ0) is 101. The van der Waals surface area contributed by atoms with Gasteiger partial charge in [0.2, 0.25) is 17.7 Å². The van der Waals surface area contributed by atoms with Crippen molar-refractivity contribution >= 4 is 81.3 Å². The summed E-state index contributed by atoms with van der Waals surface area (Å²) in [6, 6.07) is 34.1. The van der Waals surface area contributed by atoms with Crippen LogP contribution in [0.3, 0.4) is 0 Å². The van der Waals surface area contributed by atoms with Crippen LogP contribution in [0, 0.1) is 50.4 Å². The molecule has 0 radical (unpaired) electrons. The number of imidazole rings is 2. The number of carboxylic acid groups (broad SMARTS) is 1. The first-order valence-electron chi connectivity index (χ1n) is 49.5. The van der Waals surface area contributed by atoms with E-state index in [1.165, 1.54) is 20.9 Å². The van der Waals surface area contributed by atoms with E-state index in [9.17, 15) is 68.4 Å². The maximum absolute atomic E-state index is 14.2. The van der Waals surface area contributed by atoms with Crippen LogP contribution in [0.4, 0.5) is 0 Å². The fourth-order valence-electron chi connectivity index (χ4n) is 19.8. The van der Waals surface area contributed by atoms with Crippen LogP contribution in [-0.4, -0.2) is 187 Å². The average molecular weight is 1960 g/mol. The smallest absolute Gasteiger partial charge is 0.303 e. The number of β-amino-alcohol motifs (C(OH)–C–C–N with tert-alkyl or cyclic N) is 2. The molecule has 6 aromatic carbocycles. The Morgan fingerprint density at radius 3 is 1.33 bits per heavy atom. The van der Waals surface area contributed by atoms with Crippen molar-refractivity contribution < 1.29 is 83.0 Å². The molecule has 4 aliphatic heterocycles. The van der Waals surface area contributed by atoms with Crippen LogP contribution in [0.15, 0.2) is 133 Å². The van der Waals surface area contributed by atoms with E-state index in [2.05, 4.69) is 83.8 Å². The van der Waals surface area contributed by atoms with Crippen LogP contribution in [0.5, 0.6) is 11.5 Å². The van der Waals surface area contributed by atoms with Crippen LogP contribution >= 0.6 is 22.7 Å². The fourth-order valence-corrected chi connectivity index (χ4v) is 21.4. The third-order valence-electron chi connectivity index (χ3n) is 28.2. The summed E-state index contributed by atoms with van der Waals surface area (Å²) in [6.07, 6.45) is 12.7. The standard InChI is InChI=1S/C55H66N6O8S.C28H36N2O6S.C27H32N4O3/c1-33-40(31-62)24-39(53(67)59-45-18-16-36-14-15-38(25-43(36)45)46-30-60-22-6-8-50(60)58-46)26-49(33)69-23-7-21-56-51(66)20-17-41(63)27-44(55(3,4)5)54(68)61-29-42(64)28-47(61)48(65)19-11-35-9-12-37(13-10-35)52-34(2)57-32-70-52;1-17-26(37-16-29-17)19-8-5-18(6-9-19)7-11-24(33)23-14-21(32)15-30(23)27(36)22(28(2,3)4)13-20(31)10-12-25(34)35;1-17-21(16-32)12-20(14-25(17)34-11-3-9-28)27(33)30-23-8-7-18-5-6-19(13-22(18)23)24-15-31-10-2-4-26(31)29-24/h9-10,12-15,24-26,30,32,42,44-45,47,62,64H,6-8,11,16-23,27-29,31H2,1-5H3,(H,56,66)(H,59,67);5-6,8-9,16,21-23,32H,7,10-15H2,1-4H3,(H,34,35);5-6,12-15,23,32H,2-4,7-11,16,28H2,1H3,(H,30,33)/t42-,44-,45-,47+;21-,22-,23+;23-/m111/s1. The van der Waals surface area contributed by atoms with Gasteiger partial charge in [-0.05, 0) is 212 Å². The number of thiazole rings is 2. The van der Waals surface area contributed by atoms with E-state index >= 15 is 0 Å². The molecule has 2 aliphatic carbocycles. The molecular weight excluding hydrogens is 1830 g/mol. The van der Waals surface area contributed by atoms with Crippen molar-refractivity contribution in [2.75, 3.05) is 39.4 Å². The fraction of sp³-hybridized carbons (Fsp3) is 0.473. The Hall–Kier alpha value is -12.1. The number of carbonyl (C=O) groups is 10. The van der Waals surface area contributed by atoms with Gasteiger partial charge in [-0.1, -0.05) is 114 Å². The predicted octanol–water partition coefficient (Wildman–Crippen LogP) is 15.1. The van der Waals surface area contributed by atoms with Crippen molar-refractivity contribution in [3.8, 4) is 54.9 Å². The molecule has 2 fully saturated rings. The number of carboxylic acids is 1. The van der Waals surface area contributed by atoms with Crippen molar-refractivity contribution in [2.24, 2.45) is 28.4 Å². The molecule has 141 heavy (non-hydrogen) atoms. The molecule has 0 spiro atoms. The summed E-state index contributed by atoms with van der Waals surface area (Å²) in [5, 5.41) is 59.1. The lowest BCUT2D eigenvalue weighted by Crippen LogP contribution is -2.47. The molecule has 31 heteroatoms. The number of likely N-dealkylation sites (tertiary alicyclic amines) is 2. The summed E-state index contributed by atoms with van der Waals surface area (Å²) in [4.78, 5) is 154. The Kier molecular flexibility index (Phi) is 35.1. The number of aliphatic hydroxyl groups excluding tert-OH is 4. The van der Waals surface area contributed by atoms with Crippen LogP contribution in [0.1, 0.15) is 256 Å². The van der Waals surface area contributed by atoms with Crippen molar-refractivity contribution in [3.05, 3.63) is 222 Å². The molecule has 0 unspecified atom stereocenters. The molecule has 6 aliphatic rings. The summed E-state index contributed by atoms with van der Waals surface area (Å²) >= 11 is 3.17. The van der Waals surface area contributed by atoms with Crippen molar-refractivity contribution in [1.29, 1.82) is 0 Å². The third-order valence-corrected chi connectivity index (χ3v) is 30.1. The molecule has 8 atom stereocenters. The maximum atomic E-state index is 14.2. The number of fused-ring (bicyclic) bond motifs is 4. The maximum Gasteiger partial charge on any atom is 0.303 e. The van der Waals surface area contributed by atoms with Crippen molar-refractivity contribution in [3.63, 3.8) is 0 Å². The Balaban J connectivity index is 0.000000186. The SMILES string of the molecule is Cc1c(CO)cc(C(=O)N[C@@H]2CCc3ccc(-c4cn5c(n4)CCC5)cc32)cc1OCCCN.Cc1ncsc1-c1ccc(CCC(=O)[C@@H]2C[C@@H](O)CN2C(=O)[C@@H](CC(=O)CCC(=O)NCCCOc2cc(C(=O)N[C@@H]3CCc4ccc(-c5cn6c(n5)CCC6)cc43)cc(CO)c2C)C(C)(C)C)cc1.Cc1ncsc1-c1ccc(CCC(=O)[C@@H]2C[C@@H](O)CN2C(=O)[C@@H](CC(=O)CCC(=O)O)C(C)(C)C)cc1. The zero-order valence-electron chi connectivity index (χ0n) is 82.6. The molecule has 0 saturated carbocycles.